The molecule has 2 rings (SSSR count). The van der Waals surface area contributed by atoms with Crippen LogP contribution in [0.4, 0.5) is 8.78 Å². The average molecular weight is 324 g/mol. The molecule has 1 atom stereocenters. The van der Waals surface area contributed by atoms with E-state index in [0.29, 0.717) is 13.1 Å². The molecule has 2 heterocycles. The smallest absolute Gasteiger partial charge is 0.336 e. The maximum atomic E-state index is 12.6. The van der Waals surface area contributed by atoms with Crippen LogP contribution < -0.4 is 5.73 Å². The van der Waals surface area contributed by atoms with Crippen molar-refractivity contribution in [1.82, 2.24) is 4.90 Å². The number of likely N-dealkylation sites (tertiary alicyclic amines) is 1. The third-order valence-corrected chi connectivity index (χ3v) is 5.56. The second-order valence-corrected chi connectivity index (χ2v) is 7.38. The molecule has 5 nitrogen and oxygen atoms in total. The van der Waals surface area contributed by atoms with Crippen molar-refractivity contribution < 1.29 is 22.0 Å². The first-order valence-electron chi connectivity index (χ1n) is 5.98. The maximum Gasteiger partial charge on any atom is 0.341 e. The molecule has 20 heavy (non-hydrogen) atoms. The number of sulfone groups is 1. The van der Waals surface area contributed by atoms with Gasteiger partial charge in [-0.15, -0.1) is 11.3 Å². The van der Waals surface area contributed by atoms with Gasteiger partial charge in [0.25, 0.3) is 5.91 Å². The van der Waals surface area contributed by atoms with E-state index >= 15 is 0 Å². The van der Waals surface area contributed by atoms with Crippen molar-refractivity contribution in [3.63, 3.8) is 0 Å². The van der Waals surface area contributed by atoms with Crippen LogP contribution in [0.5, 0.6) is 0 Å². The lowest BCUT2D eigenvalue weighted by atomic mass is 10.1. The van der Waals surface area contributed by atoms with Crippen molar-refractivity contribution in [3.8, 4) is 0 Å². The van der Waals surface area contributed by atoms with Crippen LogP contribution in [0.3, 0.4) is 0 Å². The summed E-state index contributed by atoms with van der Waals surface area (Å²) in [6.07, 6.45) is 1.51. The van der Waals surface area contributed by atoms with Gasteiger partial charge < -0.3 is 10.6 Å². The first-order chi connectivity index (χ1) is 9.34. The van der Waals surface area contributed by atoms with Crippen molar-refractivity contribution in [2.45, 2.75) is 29.5 Å². The number of nitrogens with two attached hydrogens (primary N) is 1. The number of carbonyl (C=O) groups excluding carboxylic acids is 1. The highest BCUT2D eigenvalue weighted by Crippen LogP contribution is 2.28. The molecule has 112 valence electrons. The first-order valence-corrected chi connectivity index (χ1v) is 8.41. The molecule has 1 aliphatic rings. The van der Waals surface area contributed by atoms with E-state index in [1.54, 1.807) is 0 Å². The molecule has 1 aliphatic heterocycles. The summed E-state index contributed by atoms with van der Waals surface area (Å²) in [5.74, 6) is -4.08. The summed E-state index contributed by atoms with van der Waals surface area (Å²) in [6, 6.07) is 0.881. The van der Waals surface area contributed by atoms with Crippen LogP contribution in [0.25, 0.3) is 0 Å². The number of nitrogens with zero attached hydrogens (tertiary/aromatic N) is 1. The summed E-state index contributed by atoms with van der Waals surface area (Å²) in [4.78, 5) is 12.9. The van der Waals surface area contributed by atoms with E-state index in [9.17, 15) is 22.0 Å². The highest BCUT2D eigenvalue weighted by molar-refractivity contribution is 7.92. The number of piperidine rings is 1. The van der Waals surface area contributed by atoms with Crippen LogP contribution in [0.2, 0.25) is 0 Å². The van der Waals surface area contributed by atoms with Gasteiger partial charge in [-0.25, -0.2) is 8.42 Å². The van der Waals surface area contributed by atoms with E-state index in [0.717, 1.165) is 30.2 Å². The van der Waals surface area contributed by atoms with Crippen molar-refractivity contribution in [2.75, 3.05) is 13.1 Å². The summed E-state index contributed by atoms with van der Waals surface area (Å²) < 4.78 is 48.2. The standard InChI is InChI=1S/C11H14F2N2O3S2/c12-11(13)20(17,18)8-3-5-19-9(8)10(16)15-4-1-2-7(14)6-15/h3,5,7,11H,1-2,4,6,14H2. The molecule has 1 saturated heterocycles. The Bertz CT molecular complexity index is 601. The summed E-state index contributed by atoms with van der Waals surface area (Å²) in [6.45, 7) is 0.767. The normalized spacial score (nSPS) is 20.4. The van der Waals surface area contributed by atoms with Crippen molar-refractivity contribution in [1.29, 1.82) is 0 Å². The highest BCUT2D eigenvalue weighted by atomic mass is 32.2. The Morgan fingerprint density at radius 3 is 2.80 bits per heavy atom. The van der Waals surface area contributed by atoms with Crippen LogP contribution in [0.1, 0.15) is 22.5 Å². The molecule has 0 aliphatic carbocycles. The maximum absolute atomic E-state index is 12.6. The van der Waals surface area contributed by atoms with Crippen molar-refractivity contribution in [3.05, 3.63) is 16.3 Å². The summed E-state index contributed by atoms with van der Waals surface area (Å²) >= 11 is 0.852. The Hall–Kier alpha value is -1.06. The van der Waals surface area contributed by atoms with Gasteiger partial charge in [0.2, 0.25) is 9.84 Å². The molecule has 1 fully saturated rings. The van der Waals surface area contributed by atoms with Gasteiger partial charge in [-0.1, -0.05) is 0 Å². The molecule has 1 aromatic rings. The van der Waals surface area contributed by atoms with Gasteiger partial charge in [-0.3, -0.25) is 4.79 Å². The number of hydrogen-bond acceptors (Lipinski definition) is 5. The van der Waals surface area contributed by atoms with E-state index in [1.165, 1.54) is 10.3 Å². The SMILES string of the molecule is NC1CCCN(C(=O)c2sccc2S(=O)(=O)C(F)F)C1. The molecular weight excluding hydrogens is 310 g/mol. The first kappa shape index (κ1) is 15.3. The van der Waals surface area contributed by atoms with Gasteiger partial charge in [0, 0.05) is 19.1 Å². The Labute approximate surface area is 119 Å². The topological polar surface area (TPSA) is 80.5 Å². The van der Waals surface area contributed by atoms with Crippen LogP contribution in [-0.2, 0) is 9.84 Å². The second kappa shape index (κ2) is 5.74. The van der Waals surface area contributed by atoms with Gasteiger partial charge >= 0.3 is 5.76 Å². The zero-order valence-electron chi connectivity index (χ0n) is 10.5. The quantitative estimate of drug-likeness (QED) is 0.909. The Balaban J connectivity index is 2.31. The minimum absolute atomic E-state index is 0.164. The van der Waals surface area contributed by atoms with Crippen LogP contribution in [-0.4, -0.2) is 44.1 Å². The Morgan fingerprint density at radius 1 is 1.50 bits per heavy atom. The molecule has 1 amide bonds. The number of carbonyl (C=O) groups is 1. The lowest BCUT2D eigenvalue weighted by molar-refractivity contribution is 0.0710. The molecule has 0 aromatic carbocycles. The van der Waals surface area contributed by atoms with Gasteiger partial charge in [0.05, 0.1) is 4.90 Å². The van der Waals surface area contributed by atoms with Gasteiger partial charge in [-0.05, 0) is 24.3 Å². The predicted molar refractivity (Wildman–Crippen MR) is 70.6 cm³/mol. The second-order valence-electron chi connectivity index (χ2n) is 4.57. The monoisotopic (exact) mass is 324 g/mol. The number of hydrogen-bond donors (Lipinski definition) is 1. The molecule has 0 radical (unpaired) electrons. The summed E-state index contributed by atoms with van der Waals surface area (Å²) in [7, 11) is -4.76. The highest BCUT2D eigenvalue weighted by Gasteiger charge is 2.34. The number of thiophene rings is 1. The van der Waals surface area contributed by atoms with Gasteiger partial charge in [0.1, 0.15) is 4.88 Å². The fourth-order valence-electron chi connectivity index (χ4n) is 2.11. The van der Waals surface area contributed by atoms with Crippen molar-refractivity contribution in [2.24, 2.45) is 5.73 Å². The summed E-state index contributed by atoms with van der Waals surface area (Å²) in [5.41, 5.74) is 5.76. The molecular formula is C11H14F2N2O3S2. The minimum atomic E-state index is -4.76. The molecule has 0 spiro atoms. The molecule has 1 unspecified atom stereocenters. The average Bonchev–Trinajstić information content (AvgIpc) is 2.87. The largest absolute Gasteiger partial charge is 0.341 e. The van der Waals surface area contributed by atoms with E-state index in [1.807, 2.05) is 0 Å². The van der Waals surface area contributed by atoms with E-state index in [4.69, 9.17) is 5.73 Å². The number of alkyl halides is 2. The van der Waals surface area contributed by atoms with Gasteiger partial charge in [-0.2, -0.15) is 8.78 Å². The third kappa shape index (κ3) is 2.84. The van der Waals surface area contributed by atoms with Crippen LogP contribution in [0.15, 0.2) is 16.3 Å². The van der Waals surface area contributed by atoms with Crippen LogP contribution in [0, 0.1) is 0 Å². The lowest BCUT2D eigenvalue weighted by Crippen LogP contribution is -2.45. The van der Waals surface area contributed by atoms with E-state index in [2.05, 4.69) is 0 Å². The molecule has 9 heteroatoms. The molecule has 1 aromatic heterocycles. The lowest BCUT2D eigenvalue weighted by Gasteiger charge is -2.30. The number of amides is 1. The zero-order chi connectivity index (χ0) is 14.9. The fourth-order valence-corrected chi connectivity index (χ4v) is 4.24. The Morgan fingerprint density at radius 2 is 2.20 bits per heavy atom. The minimum Gasteiger partial charge on any atom is -0.336 e. The zero-order valence-corrected chi connectivity index (χ0v) is 12.1. The van der Waals surface area contributed by atoms with Crippen LogP contribution >= 0.6 is 11.3 Å². The third-order valence-electron chi connectivity index (χ3n) is 3.11. The number of rotatable bonds is 3. The fraction of sp³-hybridized carbons (Fsp3) is 0.545. The molecule has 0 saturated carbocycles. The Kier molecular flexibility index (Phi) is 4.40. The molecule has 0 bridgehead atoms. The van der Waals surface area contributed by atoms with E-state index < -0.39 is 26.4 Å². The summed E-state index contributed by atoms with van der Waals surface area (Å²) in [5, 5.41) is 1.33. The molecule has 2 N–H and O–H groups in total. The predicted octanol–water partition coefficient (Wildman–Crippen LogP) is 1.31. The van der Waals surface area contributed by atoms with Crippen molar-refractivity contribution >= 4 is 27.1 Å². The van der Waals surface area contributed by atoms with E-state index in [-0.39, 0.29) is 10.9 Å². The number of halogens is 2. The van der Waals surface area contributed by atoms with Gasteiger partial charge in [0.15, 0.2) is 0 Å².